The van der Waals surface area contributed by atoms with Crippen LogP contribution >= 0.6 is 0 Å². The SMILES string of the molecule is c1ccc(Nc2ccc(OCC3CCCN3)cc2)cc1. The number of nitrogens with one attached hydrogen (secondary N) is 2. The Hall–Kier alpha value is -2.00. The molecular formula is C17H20N2O. The van der Waals surface area contributed by atoms with Crippen molar-refractivity contribution in [2.24, 2.45) is 0 Å². The highest BCUT2D eigenvalue weighted by molar-refractivity contribution is 5.59. The Morgan fingerprint density at radius 1 is 1.00 bits per heavy atom. The van der Waals surface area contributed by atoms with E-state index in [-0.39, 0.29) is 0 Å². The van der Waals surface area contributed by atoms with Crippen LogP contribution in [0.3, 0.4) is 0 Å². The van der Waals surface area contributed by atoms with Gasteiger partial charge in [-0.3, -0.25) is 0 Å². The van der Waals surface area contributed by atoms with Crippen LogP contribution in [0.2, 0.25) is 0 Å². The average molecular weight is 268 g/mol. The Morgan fingerprint density at radius 2 is 1.75 bits per heavy atom. The number of hydrogen-bond acceptors (Lipinski definition) is 3. The fourth-order valence-corrected chi connectivity index (χ4v) is 2.42. The van der Waals surface area contributed by atoms with Crippen LogP contribution in [-0.2, 0) is 0 Å². The molecule has 3 heteroatoms. The molecule has 1 aliphatic rings. The number of ether oxygens (including phenoxy) is 1. The Balaban J connectivity index is 1.54. The molecular weight excluding hydrogens is 248 g/mol. The van der Waals surface area contributed by atoms with Crippen molar-refractivity contribution in [1.29, 1.82) is 0 Å². The zero-order valence-electron chi connectivity index (χ0n) is 11.5. The van der Waals surface area contributed by atoms with Gasteiger partial charge in [0.25, 0.3) is 0 Å². The number of hydrogen-bond donors (Lipinski definition) is 2. The van der Waals surface area contributed by atoms with Crippen LogP contribution in [0.25, 0.3) is 0 Å². The summed E-state index contributed by atoms with van der Waals surface area (Å²) in [6.07, 6.45) is 2.47. The second-order valence-corrected chi connectivity index (χ2v) is 5.12. The highest BCUT2D eigenvalue weighted by Crippen LogP contribution is 2.20. The Kier molecular flexibility index (Phi) is 4.19. The zero-order valence-corrected chi connectivity index (χ0v) is 11.5. The predicted molar refractivity (Wildman–Crippen MR) is 82.7 cm³/mol. The maximum atomic E-state index is 5.80. The van der Waals surface area contributed by atoms with Gasteiger partial charge in [0.05, 0.1) is 0 Å². The lowest BCUT2D eigenvalue weighted by molar-refractivity contribution is 0.277. The van der Waals surface area contributed by atoms with Gasteiger partial charge in [-0.1, -0.05) is 18.2 Å². The predicted octanol–water partition coefficient (Wildman–Crippen LogP) is 3.56. The largest absolute Gasteiger partial charge is 0.492 e. The first kappa shape index (κ1) is 13.0. The lowest BCUT2D eigenvalue weighted by Crippen LogP contribution is -2.28. The Morgan fingerprint density at radius 3 is 2.45 bits per heavy atom. The van der Waals surface area contributed by atoms with Crippen molar-refractivity contribution in [2.75, 3.05) is 18.5 Å². The monoisotopic (exact) mass is 268 g/mol. The molecule has 1 fully saturated rings. The number of benzene rings is 2. The minimum absolute atomic E-state index is 0.511. The molecule has 3 nitrogen and oxygen atoms in total. The first-order valence-corrected chi connectivity index (χ1v) is 7.18. The van der Waals surface area contributed by atoms with Crippen LogP contribution in [0.4, 0.5) is 11.4 Å². The van der Waals surface area contributed by atoms with Crippen molar-refractivity contribution in [3.05, 3.63) is 54.6 Å². The van der Waals surface area contributed by atoms with Gasteiger partial charge in [0, 0.05) is 17.4 Å². The summed E-state index contributed by atoms with van der Waals surface area (Å²) >= 11 is 0. The van der Waals surface area contributed by atoms with Gasteiger partial charge in [0.15, 0.2) is 0 Å². The van der Waals surface area contributed by atoms with Gasteiger partial charge in [-0.05, 0) is 55.8 Å². The van der Waals surface area contributed by atoms with Gasteiger partial charge >= 0.3 is 0 Å². The average Bonchev–Trinajstić information content (AvgIpc) is 3.01. The molecule has 1 aliphatic heterocycles. The molecule has 2 N–H and O–H groups in total. The summed E-state index contributed by atoms with van der Waals surface area (Å²) in [5, 5.41) is 6.79. The molecule has 0 aromatic heterocycles. The molecule has 0 radical (unpaired) electrons. The topological polar surface area (TPSA) is 33.3 Å². The summed E-state index contributed by atoms with van der Waals surface area (Å²) in [5.74, 6) is 0.928. The summed E-state index contributed by atoms with van der Waals surface area (Å²) in [6, 6.07) is 18.8. The van der Waals surface area contributed by atoms with Gasteiger partial charge < -0.3 is 15.4 Å². The van der Waals surface area contributed by atoms with E-state index in [4.69, 9.17) is 4.74 Å². The van der Waals surface area contributed by atoms with Crippen LogP contribution in [0.5, 0.6) is 5.75 Å². The third-order valence-electron chi connectivity index (χ3n) is 3.53. The van der Waals surface area contributed by atoms with E-state index >= 15 is 0 Å². The van der Waals surface area contributed by atoms with E-state index < -0.39 is 0 Å². The molecule has 1 atom stereocenters. The van der Waals surface area contributed by atoms with E-state index in [1.54, 1.807) is 0 Å². The molecule has 0 aliphatic carbocycles. The normalized spacial score (nSPS) is 17.9. The third kappa shape index (κ3) is 3.52. The molecule has 2 aromatic carbocycles. The Labute approximate surface area is 120 Å². The van der Waals surface area contributed by atoms with Gasteiger partial charge in [-0.15, -0.1) is 0 Å². The van der Waals surface area contributed by atoms with Crippen LogP contribution in [0.1, 0.15) is 12.8 Å². The van der Waals surface area contributed by atoms with Crippen molar-refractivity contribution in [2.45, 2.75) is 18.9 Å². The van der Waals surface area contributed by atoms with Gasteiger partial charge in [0.2, 0.25) is 0 Å². The summed E-state index contributed by atoms with van der Waals surface area (Å²) in [5.41, 5.74) is 2.17. The highest BCUT2D eigenvalue weighted by Gasteiger charge is 2.14. The first-order valence-electron chi connectivity index (χ1n) is 7.18. The first-order chi connectivity index (χ1) is 9.90. The van der Waals surface area contributed by atoms with Crippen molar-refractivity contribution < 1.29 is 4.74 Å². The van der Waals surface area contributed by atoms with Crippen molar-refractivity contribution in [3.8, 4) is 5.75 Å². The molecule has 1 unspecified atom stereocenters. The molecule has 3 rings (SSSR count). The standard InChI is InChI=1S/C17H20N2O/c1-2-5-14(6-3-1)19-15-8-10-17(11-9-15)20-13-16-7-4-12-18-16/h1-3,5-6,8-11,16,18-19H,4,7,12-13H2. The minimum atomic E-state index is 0.511. The van der Waals surface area contributed by atoms with E-state index in [2.05, 4.69) is 22.8 Å². The van der Waals surface area contributed by atoms with E-state index in [0.29, 0.717) is 6.04 Å². The Bertz CT molecular complexity index is 518. The molecule has 20 heavy (non-hydrogen) atoms. The zero-order chi connectivity index (χ0) is 13.6. The lowest BCUT2D eigenvalue weighted by Gasteiger charge is -2.12. The molecule has 0 amide bonds. The quantitative estimate of drug-likeness (QED) is 0.870. The summed E-state index contributed by atoms with van der Waals surface area (Å²) in [4.78, 5) is 0. The molecule has 0 spiro atoms. The van der Waals surface area contributed by atoms with Gasteiger partial charge in [-0.2, -0.15) is 0 Å². The maximum absolute atomic E-state index is 5.80. The maximum Gasteiger partial charge on any atom is 0.119 e. The molecule has 0 saturated carbocycles. The molecule has 1 saturated heterocycles. The van der Waals surface area contributed by atoms with E-state index in [0.717, 1.165) is 30.3 Å². The van der Waals surface area contributed by atoms with E-state index in [1.165, 1.54) is 12.8 Å². The smallest absolute Gasteiger partial charge is 0.119 e. The minimum Gasteiger partial charge on any atom is -0.492 e. The lowest BCUT2D eigenvalue weighted by atomic mass is 10.2. The molecule has 2 aromatic rings. The summed E-state index contributed by atoms with van der Waals surface area (Å²) < 4.78 is 5.80. The molecule has 104 valence electrons. The van der Waals surface area contributed by atoms with Gasteiger partial charge in [-0.25, -0.2) is 0 Å². The van der Waals surface area contributed by atoms with Crippen molar-refractivity contribution in [1.82, 2.24) is 5.32 Å². The van der Waals surface area contributed by atoms with Crippen LogP contribution in [-0.4, -0.2) is 19.2 Å². The number of anilines is 2. The molecule has 1 heterocycles. The van der Waals surface area contributed by atoms with Crippen molar-refractivity contribution in [3.63, 3.8) is 0 Å². The second-order valence-electron chi connectivity index (χ2n) is 5.12. The second kappa shape index (κ2) is 6.44. The fraction of sp³-hybridized carbons (Fsp3) is 0.294. The molecule has 0 bridgehead atoms. The summed E-state index contributed by atoms with van der Waals surface area (Å²) in [7, 11) is 0. The highest BCUT2D eigenvalue weighted by atomic mass is 16.5. The number of para-hydroxylation sites is 1. The van der Waals surface area contributed by atoms with Crippen molar-refractivity contribution >= 4 is 11.4 Å². The van der Waals surface area contributed by atoms with Crippen LogP contribution < -0.4 is 15.4 Å². The van der Waals surface area contributed by atoms with E-state index in [1.807, 2.05) is 42.5 Å². The third-order valence-corrected chi connectivity index (χ3v) is 3.53. The van der Waals surface area contributed by atoms with Crippen LogP contribution in [0.15, 0.2) is 54.6 Å². The van der Waals surface area contributed by atoms with E-state index in [9.17, 15) is 0 Å². The fourth-order valence-electron chi connectivity index (χ4n) is 2.42. The van der Waals surface area contributed by atoms with Crippen LogP contribution in [0, 0.1) is 0 Å². The summed E-state index contributed by atoms with van der Waals surface area (Å²) in [6.45, 7) is 1.87. The van der Waals surface area contributed by atoms with Gasteiger partial charge in [0.1, 0.15) is 12.4 Å². The number of rotatable bonds is 5.